The highest BCUT2D eigenvalue weighted by molar-refractivity contribution is 5.31. The Morgan fingerprint density at radius 1 is 0.683 bits per heavy atom. The van der Waals surface area contributed by atoms with Crippen LogP contribution in [0.1, 0.15) is 83.6 Å². The zero-order valence-electron chi connectivity index (χ0n) is 34.1. The summed E-state index contributed by atoms with van der Waals surface area (Å²) in [6.45, 7) is 4.39. The van der Waals surface area contributed by atoms with Gasteiger partial charge in [0.25, 0.3) is 0 Å². The van der Waals surface area contributed by atoms with Gasteiger partial charge < -0.3 is 83.9 Å². The van der Waals surface area contributed by atoms with Gasteiger partial charge in [0, 0.05) is 11.5 Å². The average Bonchev–Trinajstić information content (AvgIpc) is 3.51. The van der Waals surface area contributed by atoms with E-state index in [1.54, 1.807) is 6.26 Å². The van der Waals surface area contributed by atoms with Crippen molar-refractivity contribution in [3.05, 3.63) is 46.0 Å². The van der Waals surface area contributed by atoms with E-state index in [0.29, 0.717) is 12.8 Å². The first kappa shape index (κ1) is 44.6. The number of aliphatic hydroxyl groups excluding tert-OH is 9. The minimum absolute atomic E-state index is 0.0673. The number of fused-ring (bicyclic) bond motifs is 5. The molecule has 0 bridgehead atoms. The van der Waals surface area contributed by atoms with Gasteiger partial charge in [-0.25, -0.2) is 4.79 Å². The highest BCUT2D eigenvalue weighted by Crippen LogP contribution is 2.70. The van der Waals surface area contributed by atoms with E-state index in [1.165, 1.54) is 18.6 Å². The van der Waals surface area contributed by atoms with E-state index in [1.807, 2.05) is 6.07 Å². The maximum Gasteiger partial charge on any atom is 0.335 e. The van der Waals surface area contributed by atoms with E-state index in [-0.39, 0.29) is 28.6 Å². The zero-order chi connectivity index (χ0) is 43.1. The van der Waals surface area contributed by atoms with E-state index >= 15 is 0 Å². The van der Waals surface area contributed by atoms with Crippen LogP contribution in [0.3, 0.4) is 0 Å². The fourth-order valence-corrected chi connectivity index (χ4v) is 12.1. The number of rotatable bonds is 9. The van der Waals surface area contributed by atoms with Crippen LogP contribution in [0.4, 0.5) is 0 Å². The molecule has 1 aromatic heterocycles. The molecule has 0 radical (unpaired) electrons. The molecule has 4 aliphatic carbocycles. The summed E-state index contributed by atoms with van der Waals surface area (Å²) in [5, 5.41) is 109. The van der Waals surface area contributed by atoms with Gasteiger partial charge in [0.1, 0.15) is 67.1 Å². The molecule has 22 atom stereocenters. The highest BCUT2D eigenvalue weighted by Gasteiger charge is 2.67. The highest BCUT2D eigenvalue weighted by atomic mass is 16.8. The summed E-state index contributed by atoms with van der Waals surface area (Å²) in [6, 6.07) is 3.27. The minimum atomic E-state index is -1.84. The van der Waals surface area contributed by atoms with Crippen molar-refractivity contribution in [1.29, 1.82) is 0 Å². The Labute approximate surface area is 347 Å². The molecule has 4 heterocycles. The van der Waals surface area contributed by atoms with E-state index in [9.17, 15) is 55.9 Å². The van der Waals surface area contributed by atoms with Crippen LogP contribution in [0.2, 0.25) is 0 Å². The lowest BCUT2D eigenvalue weighted by Gasteiger charge is -2.62. The summed E-state index contributed by atoms with van der Waals surface area (Å²) < 4.78 is 40.7. The van der Waals surface area contributed by atoms with Gasteiger partial charge in [-0.05, 0) is 93.1 Å². The van der Waals surface area contributed by atoms with Crippen molar-refractivity contribution in [1.82, 2.24) is 0 Å². The van der Waals surface area contributed by atoms with Crippen molar-refractivity contribution in [2.45, 2.75) is 182 Å². The first-order chi connectivity index (χ1) is 28.4. The molecule has 3 saturated carbocycles. The van der Waals surface area contributed by atoms with Crippen molar-refractivity contribution in [3.8, 4) is 0 Å². The molecule has 3 saturated heterocycles. The van der Waals surface area contributed by atoms with Crippen LogP contribution in [0.5, 0.6) is 0 Å². The van der Waals surface area contributed by atoms with Crippen molar-refractivity contribution in [2.75, 3.05) is 13.2 Å². The van der Waals surface area contributed by atoms with Crippen molar-refractivity contribution in [2.24, 2.45) is 22.7 Å². The molecule has 0 amide bonds. The molecule has 18 heteroatoms. The summed E-state index contributed by atoms with van der Waals surface area (Å²) in [5.41, 5.74) is 0.246. The molecule has 6 fully saturated rings. The van der Waals surface area contributed by atoms with Crippen LogP contribution in [0, 0.1) is 22.7 Å². The van der Waals surface area contributed by atoms with Crippen LogP contribution in [-0.2, 0) is 28.4 Å². The molecule has 7 aliphatic rings. The fraction of sp³-hybridized carbons (Fsp3) is 0.833. The Balaban J connectivity index is 0.977. The van der Waals surface area contributed by atoms with E-state index in [0.717, 1.165) is 44.1 Å². The first-order valence-electron chi connectivity index (χ1n) is 21.4. The van der Waals surface area contributed by atoms with Crippen LogP contribution < -0.4 is 5.63 Å². The Hall–Kier alpha value is -1.95. The second kappa shape index (κ2) is 16.9. The number of hydrogen-bond acceptors (Lipinski definition) is 18. The average molecular weight is 855 g/mol. The molecular formula is C42H62O18. The Morgan fingerprint density at radius 3 is 2.07 bits per heavy atom. The van der Waals surface area contributed by atoms with Gasteiger partial charge in [0.05, 0.1) is 37.3 Å². The van der Waals surface area contributed by atoms with Crippen molar-refractivity contribution < 1.29 is 83.9 Å². The molecule has 60 heavy (non-hydrogen) atoms. The topological polar surface area (TPSA) is 288 Å². The van der Waals surface area contributed by atoms with Crippen LogP contribution in [0.25, 0.3) is 0 Å². The van der Waals surface area contributed by atoms with Gasteiger partial charge in [-0.1, -0.05) is 25.5 Å². The number of aliphatic hydroxyl groups is 10. The molecule has 1 aromatic rings. The third-order valence-electron chi connectivity index (χ3n) is 15.7. The first-order valence-corrected chi connectivity index (χ1v) is 21.4. The van der Waals surface area contributed by atoms with Gasteiger partial charge in [-0.2, -0.15) is 0 Å². The smallest absolute Gasteiger partial charge is 0.335 e. The normalized spacial score (nSPS) is 51.9. The molecule has 0 spiro atoms. The van der Waals surface area contributed by atoms with Crippen LogP contribution in [-0.4, -0.2) is 168 Å². The predicted octanol–water partition coefficient (Wildman–Crippen LogP) is -1.34. The van der Waals surface area contributed by atoms with Gasteiger partial charge in [0.15, 0.2) is 18.9 Å². The quantitative estimate of drug-likeness (QED) is 0.129. The summed E-state index contributed by atoms with van der Waals surface area (Å²) in [6.07, 6.45) is -14.8. The van der Waals surface area contributed by atoms with Crippen molar-refractivity contribution in [3.63, 3.8) is 0 Å². The van der Waals surface area contributed by atoms with Gasteiger partial charge in [-0.3, -0.25) is 0 Å². The summed E-state index contributed by atoms with van der Waals surface area (Å²) in [5.74, 6) is 0.351. The largest absolute Gasteiger partial charge is 0.431 e. The zero-order valence-corrected chi connectivity index (χ0v) is 34.1. The van der Waals surface area contributed by atoms with Gasteiger partial charge >= 0.3 is 5.63 Å². The second-order valence-corrected chi connectivity index (χ2v) is 18.7. The summed E-state index contributed by atoms with van der Waals surface area (Å²) in [4.78, 5) is 11.7. The van der Waals surface area contributed by atoms with Gasteiger partial charge in [-0.15, -0.1) is 0 Å². The Kier molecular flexibility index (Phi) is 12.6. The third-order valence-corrected chi connectivity index (χ3v) is 15.7. The minimum Gasteiger partial charge on any atom is -0.431 e. The lowest BCUT2D eigenvalue weighted by molar-refractivity contribution is -0.388. The van der Waals surface area contributed by atoms with Crippen LogP contribution >= 0.6 is 0 Å². The molecule has 338 valence electrons. The number of hydrogen-bond donors (Lipinski definition) is 10. The van der Waals surface area contributed by atoms with E-state index in [4.69, 9.17) is 32.8 Å². The summed E-state index contributed by atoms with van der Waals surface area (Å²) >= 11 is 0. The lowest BCUT2D eigenvalue weighted by atomic mass is 9.45. The molecule has 3 aliphatic heterocycles. The molecule has 8 rings (SSSR count). The van der Waals surface area contributed by atoms with E-state index in [2.05, 4.69) is 19.9 Å². The summed E-state index contributed by atoms with van der Waals surface area (Å²) in [7, 11) is 0. The maximum absolute atomic E-state index is 12.6. The van der Waals surface area contributed by atoms with Gasteiger partial charge in [0.2, 0.25) is 0 Å². The standard InChI is InChI=1S/C42H62O18/c1-18-28(46)31(49)33(51)37(55-18)60-36-32(50)29(47)25(15-43)58-39(36)59-35-30(48)26(16-44)57-38(34(35)52)56-21-8-11-40(2)20(14-21)5-6-24-23(40)9-12-41(3)22(10-13-42(24,41)53)19-4-7-27(45)54-17-19/h4,7,14,17-18,21-26,28-39,43-44,46-53H,5-6,8-13,15-16H2,1-3H3. The van der Waals surface area contributed by atoms with Crippen molar-refractivity contribution >= 4 is 0 Å². The van der Waals surface area contributed by atoms with Crippen LogP contribution in [0.15, 0.2) is 39.3 Å². The molecule has 18 nitrogen and oxygen atoms in total. The predicted molar refractivity (Wildman–Crippen MR) is 203 cm³/mol. The monoisotopic (exact) mass is 854 g/mol. The Morgan fingerprint density at radius 2 is 1.37 bits per heavy atom. The molecule has 0 aromatic carbocycles. The Bertz CT molecular complexity index is 1740. The lowest BCUT2D eigenvalue weighted by Crippen LogP contribution is -2.67. The second-order valence-electron chi connectivity index (χ2n) is 18.7. The third kappa shape index (κ3) is 7.35. The van der Waals surface area contributed by atoms with E-state index < -0.39 is 123 Å². The fourth-order valence-electron chi connectivity index (χ4n) is 12.1. The SMILES string of the molecule is CC1OC(OC2C(OC3C(O)C(CO)OC(OC4C=C5CCC6C(CCC7(C)C(c8ccc(=O)oc8)CCC67O)C5(C)CC4)C3O)OC(CO)C(O)C2O)C(O)C(O)C1O. The molecular weight excluding hydrogens is 792 g/mol. The molecule has 10 N–H and O–H groups in total. The maximum atomic E-state index is 12.6. The molecule has 22 unspecified atom stereocenters. The number of ether oxygens (including phenoxy) is 6. The number of allylic oxidation sites excluding steroid dienone is 1.